The van der Waals surface area contributed by atoms with Crippen LogP contribution in [0.5, 0.6) is 0 Å². The summed E-state index contributed by atoms with van der Waals surface area (Å²) in [5, 5.41) is 0. The molecule has 0 aromatic carbocycles. The lowest BCUT2D eigenvalue weighted by molar-refractivity contribution is -0.163. The number of ether oxygens (including phenoxy) is 3. The predicted octanol–water partition coefficient (Wildman–Crippen LogP) is 20.9. The first kappa shape index (κ1) is 68.3. The highest BCUT2D eigenvalue weighted by atomic mass is 16.6. The quantitative estimate of drug-likeness (QED) is 0.0345. The summed E-state index contributed by atoms with van der Waals surface area (Å²) in [6, 6.07) is 0. The van der Waals surface area contributed by atoms with Crippen LogP contribution in [0, 0.1) is 0 Å². The van der Waals surface area contributed by atoms with E-state index in [-0.39, 0.29) is 25.2 Å². The van der Waals surface area contributed by atoms with E-state index in [1.807, 2.05) is 0 Å². The van der Waals surface area contributed by atoms with Gasteiger partial charge < -0.3 is 14.2 Å². The van der Waals surface area contributed by atoms with Gasteiger partial charge in [0.05, 0.1) is 6.61 Å². The van der Waals surface area contributed by atoms with E-state index in [2.05, 4.69) is 142 Å². The number of allylic oxidation sites excluding steroid dienone is 20. The molecule has 0 radical (unpaired) electrons. The Hall–Kier alpha value is -3.70. The minimum atomic E-state index is -0.564. The maximum absolute atomic E-state index is 12.9. The number of carbonyl (C=O) groups excluding carboxylic acids is 2. The Labute approximate surface area is 446 Å². The molecule has 1 unspecified atom stereocenters. The molecule has 0 aromatic heterocycles. The van der Waals surface area contributed by atoms with Gasteiger partial charge in [0.25, 0.3) is 0 Å². The van der Waals surface area contributed by atoms with E-state index in [1.54, 1.807) is 0 Å². The van der Waals surface area contributed by atoms with Gasteiger partial charge in [0.1, 0.15) is 6.61 Å². The number of hydrogen-bond donors (Lipinski definition) is 0. The fourth-order valence-electron chi connectivity index (χ4n) is 8.05. The first-order chi connectivity index (χ1) is 35.6. The molecule has 0 rings (SSSR count). The van der Waals surface area contributed by atoms with Crippen molar-refractivity contribution in [2.24, 2.45) is 0 Å². The molecule has 0 heterocycles. The maximum Gasteiger partial charge on any atom is 0.306 e. The normalized spacial score (nSPS) is 13.1. The number of esters is 2. The first-order valence-electron chi connectivity index (χ1n) is 30.1. The van der Waals surface area contributed by atoms with Crippen LogP contribution >= 0.6 is 0 Å². The summed E-state index contributed by atoms with van der Waals surface area (Å²) in [5.41, 5.74) is 0. The lowest BCUT2D eigenvalue weighted by Crippen LogP contribution is -2.30. The standard InChI is InChI=1S/C67H112O5/c1-4-7-10-13-16-19-22-25-28-31-34-36-39-42-45-48-51-54-57-60-66(68)71-64-65(63-70-62-59-56-53-50-47-44-41-38-33-30-27-24-21-18-15-12-9-6-3)72-67(69)61-58-55-52-49-46-43-40-37-35-32-29-26-23-20-17-14-11-8-5-2/h7,9-10,12,16-21,25-30,34,36,38,41,65H,4-6,8,11,13-15,22-24,31-33,35,37,39-40,42-64H2,1-3H3/b10-7-,12-9-,19-16-,20-17-,21-18-,28-25-,29-26-,30-27-,36-34-,41-38-. The van der Waals surface area contributed by atoms with Crippen LogP contribution in [0.4, 0.5) is 0 Å². The Balaban J connectivity index is 4.37. The lowest BCUT2D eigenvalue weighted by Gasteiger charge is -2.18. The van der Waals surface area contributed by atoms with Crippen LogP contribution in [0.3, 0.4) is 0 Å². The summed E-state index contributed by atoms with van der Waals surface area (Å²) in [6.45, 7) is 7.53. The van der Waals surface area contributed by atoms with Gasteiger partial charge in [-0.3, -0.25) is 9.59 Å². The Morgan fingerprint density at radius 2 is 0.625 bits per heavy atom. The molecule has 0 aliphatic carbocycles. The van der Waals surface area contributed by atoms with E-state index in [4.69, 9.17) is 14.2 Å². The molecule has 0 fully saturated rings. The summed E-state index contributed by atoms with van der Waals surface area (Å²) in [4.78, 5) is 25.6. The molecule has 1 atom stereocenters. The summed E-state index contributed by atoms with van der Waals surface area (Å²) in [5.74, 6) is -0.430. The van der Waals surface area contributed by atoms with Crippen LogP contribution in [-0.4, -0.2) is 37.9 Å². The van der Waals surface area contributed by atoms with Crippen molar-refractivity contribution in [2.75, 3.05) is 19.8 Å². The number of rotatable bonds is 54. The molecule has 0 aromatic rings. The highest BCUT2D eigenvalue weighted by Gasteiger charge is 2.17. The zero-order chi connectivity index (χ0) is 52.0. The van der Waals surface area contributed by atoms with Gasteiger partial charge in [-0.25, -0.2) is 0 Å². The molecule has 0 aliphatic heterocycles. The molecule has 0 N–H and O–H groups in total. The molecule has 72 heavy (non-hydrogen) atoms. The van der Waals surface area contributed by atoms with Gasteiger partial charge in [0, 0.05) is 19.4 Å². The van der Waals surface area contributed by atoms with Gasteiger partial charge in [0.15, 0.2) is 6.10 Å². The summed E-state index contributed by atoms with van der Waals surface area (Å²) >= 11 is 0. The average Bonchev–Trinajstić information content (AvgIpc) is 3.38. The summed E-state index contributed by atoms with van der Waals surface area (Å²) in [6.07, 6.45) is 86.5. The SMILES string of the molecule is CC/C=C\C/C=C\C/C=C\C/C=C\CCCCCCCCC(=O)OCC(COCCCCCCC/C=C\C/C=C\C/C=C\C/C=C\CC)OC(=O)CCCCCCCCCCC/C=C\C/C=C\CCCCC. The minimum absolute atomic E-state index is 0.0615. The maximum atomic E-state index is 12.9. The molecule has 410 valence electrons. The van der Waals surface area contributed by atoms with Gasteiger partial charge in [-0.15, -0.1) is 0 Å². The largest absolute Gasteiger partial charge is 0.462 e. The van der Waals surface area contributed by atoms with E-state index < -0.39 is 6.10 Å². The van der Waals surface area contributed by atoms with Crippen molar-refractivity contribution in [3.63, 3.8) is 0 Å². The molecule has 0 bridgehead atoms. The molecule has 0 aliphatic rings. The van der Waals surface area contributed by atoms with Crippen molar-refractivity contribution in [1.29, 1.82) is 0 Å². The molecule has 5 heteroatoms. The molecule has 0 spiro atoms. The van der Waals surface area contributed by atoms with Crippen LogP contribution in [0.2, 0.25) is 0 Å². The van der Waals surface area contributed by atoms with Gasteiger partial charge >= 0.3 is 11.9 Å². The van der Waals surface area contributed by atoms with Gasteiger partial charge in [-0.05, 0) is 128 Å². The van der Waals surface area contributed by atoms with E-state index in [9.17, 15) is 9.59 Å². The fourth-order valence-corrected chi connectivity index (χ4v) is 8.05. The van der Waals surface area contributed by atoms with E-state index in [0.717, 1.165) is 122 Å². The molecule has 0 saturated heterocycles. The molecular weight excluding hydrogens is 885 g/mol. The van der Waals surface area contributed by atoms with E-state index in [0.29, 0.717) is 19.4 Å². The van der Waals surface area contributed by atoms with Crippen LogP contribution < -0.4 is 0 Å². The third-order valence-electron chi connectivity index (χ3n) is 12.5. The second-order valence-electron chi connectivity index (χ2n) is 19.5. The monoisotopic (exact) mass is 997 g/mol. The number of hydrogen-bond acceptors (Lipinski definition) is 5. The van der Waals surface area contributed by atoms with Crippen LogP contribution in [0.25, 0.3) is 0 Å². The number of carbonyl (C=O) groups is 2. The minimum Gasteiger partial charge on any atom is -0.462 e. The topological polar surface area (TPSA) is 61.8 Å². The third-order valence-corrected chi connectivity index (χ3v) is 12.5. The highest BCUT2D eigenvalue weighted by molar-refractivity contribution is 5.70. The molecule has 0 amide bonds. The van der Waals surface area contributed by atoms with Gasteiger partial charge in [-0.1, -0.05) is 245 Å². The van der Waals surface area contributed by atoms with Crippen molar-refractivity contribution in [2.45, 2.75) is 271 Å². The Kier molecular flexibility index (Phi) is 58.4. The Bertz CT molecular complexity index is 1450. The Morgan fingerprint density at radius 3 is 1.00 bits per heavy atom. The zero-order valence-corrected chi connectivity index (χ0v) is 47.2. The predicted molar refractivity (Wildman–Crippen MR) is 316 cm³/mol. The van der Waals surface area contributed by atoms with Crippen molar-refractivity contribution in [3.05, 3.63) is 122 Å². The molecular formula is C67H112O5. The summed E-state index contributed by atoms with van der Waals surface area (Å²) in [7, 11) is 0. The second kappa shape index (κ2) is 61.6. The second-order valence-corrected chi connectivity index (χ2v) is 19.5. The average molecular weight is 998 g/mol. The molecule has 0 saturated carbocycles. The van der Waals surface area contributed by atoms with Crippen LogP contribution in [0.15, 0.2) is 122 Å². The lowest BCUT2D eigenvalue weighted by atomic mass is 10.1. The van der Waals surface area contributed by atoms with Crippen LogP contribution in [0.1, 0.15) is 265 Å². The Morgan fingerprint density at radius 1 is 0.319 bits per heavy atom. The van der Waals surface area contributed by atoms with Crippen molar-refractivity contribution >= 4 is 11.9 Å². The van der Waals surface area contributed by atoms with Crippen molar-refractivity contribution < 1.29 is 23.8 Å². The first-order valence-corrected chi connectivity index (χ1v) is 30.1. The number of unbranched alkanes of at least 4 members (excludes halogenated alkanes) is 23. The van der Waals surface area contributed by atoms with Gasteiger partial charge in [0.2, 0.25) is 0 Å². The fraction of sp³-hybridized carbons (Fsp3) is 0.672. The highest BCUT2D eigenvalue weighted by Crippen LogP contribution is 2.14. The summed E-state index contributed by atoms with van der Waals surface area (Å²) < 4.78 is 17.5. The third kappa shape index (κ3) is 58.9. The van der Waals surface area contributed by atoms with E-state index in [1.165, 1.54) is 109 Å². The van der Waals surface area contributed by atoms with E-state index >= 15 is 0 Å². The van der Waals surface area contributed by atoms with Crippen molar-refractivity contribution in [3.8, 4) is 0 Å². The zero-order valence-electron chi connectivity index (χ0n) is 47.2. The van der Waals surface area contributed by atoms with Crippen LogP contribution in [-0.2, 0) is 23.8 Å². The smallest absolute Gasteiger partial charge is 0.306 e. The van der Waals surface area contributed by atoms with Gasteiger partial charge in [-0.2, -0.15) is 0 Å². The van der Waals surface area contributed by atoms with Crippen molar-refractivity contribution in [1.82, 2.24) is 0 Å². The molecule has 5 nitrogen and oxygen atoms in total.